The van der Waals surface area contributed by atoms with E-state index in [1.807, 2.05) is 73.9 Å². The Morgan fingerprint density at radius 3 is 2.56 bits per heavy atom. The van der Waals surface area contributed by atoms with Crippen LogP contribution in [0.3, 0.4) is 0 Å². The minimum absolute atomic E-state index is 0.0880. The molecule has 1 aromatic heterocycles. The number of nitrogens with one attached hydrogen (secondary N) is 1. The minimum Gasteiger partial charge on any atom is -0.491 e. The molecule has 34 heavy (non-hydrogen) atoms. The summed E-state index contributed by atoms with van der Waals surface area (Å²) >= 11 is 0. The Morgan fingerprint density at radius 2 is 1.85 bits per heavy atom. The van der Waals surface area contributed by atoms with E-state index in [4.69, 9.17) is 4.74 Å². The van der Waals surface area contributed by atoms with Crippen LogP contribution in [0.5, 0.6) is 5.75 Å². The Kier molecular flexibility index (Phi) is 5.80. The lowest BCUT2D eigenvalue weighted by Crippen LogP contribution is -2.64. The van der Waals surface area contributed by atoms with E-state index < -0.39 is 5.54 Å². The van der Waals surface area contributed by atoms with Gasteiger partial charge in [0.15, 0.2) is 5.82 Å². The van der Waals surface area contributed by atoms with Gasteiger partial charge in [0, 0.05) is 12.6 Å². The highest BCUT2D eigenvalue weighted by Crippen LogP contribution is 2.33. The maximum atomic E-state index is 13.8. The second-order valence-electron chi connectivity index (χ2n) is 9.94. The van der Waals surface area contributed by atoms with Crippen molar-refractivity contribution in [1.29, 1.82) is 0 Å². The van der Waals surface area contributed by atoms with Crippen molar-refractivity contribution in [3.8, 4) is 5.75 Å². The van der Waals surface area contributed by atoms with Gasteiger partial charge in [-0.2, -0.15) is 0 Å². The van der Waals surface area contributed by atoms with Gasteiger partial charge in [-0.25, -0.2) is 4.98 Å². The van der Waals surface area contributed by atoms with Crippen molar-refractivity contribution in [1.82, 2.24) is 19.8 Å². The van der Waals surface area contributed by atoms with Gasteiger partial charge in [0.05, 0.1) is 23.7 Å². The normalized spacial score (nSPS) is 20.7. The van der Waals surface area contributed by atoms with E-state index in [-0.39, 0.29) is 24.0 Å². The summed E-state index contributed by atoms with van der Waals surface area (Å²) in [6, 6.07) is 15.6. The number of carbonyl (C=O) groups excluding carboxylic acids is 2. The molecule has 5 rings (SSSR count). The first-order chi connectivity index (χ1) is 16.3. The molecule has 1 fully saturated rings. The van der Waals surface area contributed by atoms with Gasteiger partial charge in [-0.3, -0.25) is 9.59 Å². The zero-order valence-corrected chi connectivity index (χ0v) is 20.1. The molecule has 0 saturated heterocycles. The van der Waals surface area contributed by atoms with E-state index in [1.165, 1.54) is 0 Å². The maximum absolute atomic E-state index is 13.8. The lowest BCUT2D eigenvalue weighted by molar-refractivity contribution is -0.133. The predicted molar refractivity (Wildman–Crippen MR) is 131 cm³/mol. The molecule has 2 aliphatic rings. The number of nitrogens with zero attached hydrogens (tertiary/aromatic N) is 3. The summed E-state index contributed by atoms with van der Waals surface area (Å²) in [5, 5.41) is 3.24. The largest absolute Gasteiger partial charge is 0.491 e. The third-order valence-electron chi connectivity index (χ3n) is 6.97. The highest BCUT2D eigenvalue weighted by atomic mass is 16.5. The number of fused-ring (bicyclic) bond motifs is 3. The summed E-state index contributed by atoms with van der Waals surface area (Å²) in [6.45, 7) is 6.53. The number of rotatable bonds is 6. The third kappa shape index (κ3) is 4.04. The number of amides is 2. The summed E-state index contributed by atoms with van der Waals surface area (Å²) in [7, 11) is 0. The average Bonchev–Trinajstić information content (AvgIpc) is 3.45. The fourth-order valence-corrected chi connectivity index (χ4v) is 5.12. The predicted octanol–water partition coefficient (Wildman–Crippen LogP) is 4.30. The number of ether oxygens (including phenoxy) is 1. The molecule has 178 valence electrons. The van der Waals surface area contributed by atoms with Gasteiger partial charge in [0.1, 0.15) is 11.3 Å². The maximum Gasteiger partial charge on any atom is 0.291 e. The number of para-hydroxylation sites is 2. The zero-order chi connectivity index (χ0) is 23.9. The van der Waals surface area contributed by atoms with Gasteiger partial charge in [0.25, 0.3) is 5.91 Å². The van der Waals surface area contributed by atoms with Crippen LogP contribution in [0.25, 0.3) is 11.0 Å². The minimum atomic E-state index is -1.04. The molecule has 0 bridgehead atoms. The number of hydrogen-bond acceptors (Lipinski definition) is 4. The lowest BCUT2D eigenvalue weighted by atomic mass is 9.93. The average molecular weight is 461 g/mol. The van der Waals surface area contributed by atoms with Crippen LogP contribution in [-0.2, 0) is 17.9 Å². The zero-order valence-electron chi connectivity index (χ0n) is 20.1. The second-order valence-corrected chi connectivity index (χ2v) is 9.94. The van der Waals surface area contributed by atoms with Gasteiger partial charge >= 0.3 is 0 Å². The molecule has 1 unspecified atom stereocenters. The smallest absolute Gasteiger partial charge is 0.291 e. The summed E-state index contributed by atoms with van der Waals surface area (Å²) < 4.78 is 7.66. The van der Waals surface area contributed by atoms with E-state index in [0.29, 0.717) is 18.9 Å². The van der Waals surface area contributed by atoms with E-state index in [9.17, 15) is 9.59 Å². The molecule has 1 atom stereocenters. The Bertz CT molecular complexity index is 1210. The Hall–Kier alpha value is -3.35. The first kappa shape index (κ1) is 22.4. The van der Waals surface area contributed by atoms with E-state index in [2.05, 4.69) is 10.3 Å². The molecule has 7 nitrogen and oxygen atoms in total. The van der Waals surface area contributed by atoms with Crippen LogP contribution in [0.15, 0.2) is 48.5 Å². The number of hydrogen-bond donors (Lipinski definition) is 1. The van der Waals surface area contributed by atoms with Crippen molar-refractivity contribution in [3.05, 3.63) is 59.9 Å². The molecular formula is C27H32N4O3. The molecule has 2 aromatic carbocycles. The Morgan fingerprint density at radius 1 is 1.15 bits per heavy atom. The van der Waals surface area contributed by atoms with Gasteiger partial charge in [-0.1, -0.05) is 37.1 Å². The molecule has 3 aromatic rings. The summed E-state index contributed by atoms with van der Waals surface area (Å²) in [5.74, 6) is 0.837. The molecule has 0 spiro atoms. The van der Waals surface area contributed by atoms with Crippen molar-refractivity contribution >= 4 is 22.8 Å². The molecule has 1 aliphatic carbocycles. The number of carbonyl (C=O) groups is 2. The van der Waals surface area contributed by atoms with Crippen LogP contribution < -0.4 is 10.1 Å². The van der Waals surface area contributed by atoms with Gasteiger partial charge < -0.3 is 19.5 Å². The SMILES string of the molecule is CC(C)Oc1ccc(CN2C(=O)c3nc4ccccc4n3CC2(C)C(=O)NC2CCCC2)cc1. The van der Waals surface area contributed by atoms with Crippen LogP contribution >= 0.6 is 0 Å². The molecule has 0 radical (unpaired) electrons. The molecule has 2 heterocycles. The van der Waals surface area contributed by atoms with Crippen LogP contribution in [0, 0.1) is 0 Å². The standard InChI is InChI=1S/C27H32N4O3/c1-18(2)34-21-14-12-19(13-15-21)16-31-25(32)24-29-22-10-6-7-11-23(22)30(24)17-27(31,3)26(33)28-20-8-4-5-9-20/h6-7,10-15,18,20H,4-5,8-9,16-17H2,1-3H3,(H,28,33). The van der Waals surface area contributed by atoms with Gasteiger partial charge in [-0.15, -0.1) is 0 Å². The van der Waals surface area contributed by atoms with Crippen molar-refractivity contribution < 1.29 is 14.3 Å². The first-order valence-corrected chi connectivity index (χ1v) is 12.2. The fourth-order valence-electron chi connectivity index (χ4n) is 5.12. The van der Waals surface area contributed by atoms with Crippen LogP contribution in [0.4, 0.5) is 0 Å². The van der Waals surface area contributed by atoms with Crippen molar-refractivity contribution in [2.45, 2.75) is 77.2 Å². The number of benzene rings is 2. The molecule has 2 amide bonds. The molecule has 1 aliphatic heterocycles. The first-order valence-electron chi connectivity index (χ1n) is 12.2. The van der Waals surface area contributed by atoms with E-state index >= 15 is 0 Å². The lowest BCUT2D eigenvalue weighted by Gasteiger charge is -2.44. The van der Waals surface area contributed by atoms with Crippen LogP contribution in [0.2, 0.25) is 0 Å². The highest BCUT2D eigenvalue weighted by molar-refractivity contribution is 6.01. The van der Waals surface area contributed by atoms with Crippen LogP contribution in [0.1, 0.15) is 62.6 Å². The van der Waals surface area contributed by atoms with Crippen molar-refractivity contribution in [3.63, 3.8) is 0 Å². The molecule has 1 saturated carbocycles. The van der Waals surface area contributed by atoms with Crippen molar-refractivity contribution in [2.75, 3.05) is 0 Å². The topological polar surface area (TPSA) is 76.5 Å². The van der Waals surface area contributed by atoms with E-state index in [0.717, 1.165) is 48.0 Å². The van der Waals surface area contributed by atoms with Gasteiger partial charge in [-0.05, 0) is 63.4 Å². The number of imidazole rings is 1. The summed E-state index contributed by atoms with van der Waals surface area (Å²) in [6.07, 6.45) is 4.33. The van der Waals surface area contributed by atoms with Crippen LogP contribution in [-0.4, -0.2) is 44.0 Å². The van der Waals surface area contributed by atoms with E-state index in [1.54, 1.807) is 4.90 Å². The third-order valence-corrected chi connectivity index (χ3v) is 6.97. The highest BCUT2D eigenvalue weighted by Gasteiger charge is 2.48. The molecule has 7 heteroatoms. The fraction of sp³-hybridized carbons (Fsp3) is 0.444. The number of aromatic nitrogens is 2. The summed E-state index contributed by atoms with van der Waals surface area (Å²) in [5.41, 5.74) is 1.54. The van der Waals surface area contributed by atoms with Crippen molar-refractivity contribution in [2.24, 2.45) is 0 Å². The summed E-state index contributed by atoms with van der Waals surface area (Å²) in [4.78, 5) is 33.8. The Balaban J connectivity index is 1.50. The molecule has 1 N–H and O–H groups in total. The van der Waals surface area contributed by atoms with Gasteiger partial charge in [0.2, 0.25) is 5.91 Å². The Labute approximate surface area is 200 Å². The second kappa shape index (κ2) is 8.78. The quantitative estimate of drug-likeness (QED) is 0.595. The monoisotopic (exact) mass is 460 g/mol. The molecular weight excluding hydrogens is 428 g/mol.